The van der Waals surface area contributed by atoms with E-state index in [4.69, 9.17) is 9.84 Å². The molecule has 0 bridgehead atoms. The van der Waals surface area contributed by atoms with Crippen LogP contribution in [0.1, 0.15) is 31.7 Å². The topological polar surface area (TPSA) is 62.7 Å². The van der Waals surface area contributed by atoms with Crippen molar-refractivity contribution in [2.45, 2.75) is 32.7 Å². The zero-order chi connectivity index (χ0) is 21.6. The Balaban J connectivity index is 1.33. The van der Waals surface area contributed by atoms with Gasteiger partial charge in [0.15, 0.2) is 0 Å². The van der Waals surface area contributed by atoms with Crippen molar-refractivity contribution >= 4 is 17.3 Å². The van der Waals surface area contributed by atoms with Gasteiger partial charge >= 0.3 is 5.97 Å². The molecule has 1 N–H and O–H groups in total. The summed E-state index contributed by atoms with van der Waals surface area (Å²) in [6.07, 6.45) is 5.42. The number of hydrogen-bond donors (Lipinski definition) is 1. The van der Waals surface area contributed by atoms with Crippen LogP contribution in [-0.4, -0.2) is 40.7 Å². The van der Waals surface area contributed by atoms with Crippen molar-refractivity contribution in [1.29, 1.82) is 0 Å². The average Bonchev–Trinajstić information content (AvgIpc) is 3.24. The van der Waals surface area contributed by atoms with Gasteiger partial charge < -0.3 is 9.84 Å². The Bertz CT molecular complexity index is 992. The molecule has 3 aromatic rings. The number of aliphatic carboxylic acids is 1. The van der Waals surface area contributed by atoms with E-state index in [1.54, 1.807) is 11.3 Å². The molecule has 2 heterocycles. The molecule has 1 saturated heterocycles. The maximum absolute atomic E-state index is 10.9. The standard InChI is InChI=1S/C25H28N2O3S/c1-2-3-4-13-30-22-11-9-19(10-12-22)23-14-26-24(31-23)20-7-5-18(6-8-20)15-27-16-21(17-27)25(28)29/h5-12,14,21H,2-4,13,15-17H2,1H3,(H,28,29). The number of rotatable bonds is 10. The summed E-state index contributed by atoms with van der Waals surface area (Å²) in [4.78, 5) is 18.8. The van der Waals surface area contributed by atoms with Crippen molar-refractivity contribution in [3.8, 4) is 26.8 Å². The molecule has 0 atom stereocenters. The van der Waals surface area contributed by atoms with Crippen LogP contribution in [0.25, 0.3) is 21.0 Å². The minimum Gasteiger partial charge on any atom is -0.494 e. The predicted octanol–water partition coefficient (Wildman–Crippen LogP) is 5.56. The van der Waals surface area contributed by atoms with E-state index < -0.39 is 5.97 Å². The number of carbonyl (C=O) groups is 1. The zero-order valence-corrected chi connectivity index (χ0v) is 18.6. The van der Waals surface area contributed by atoms with Gasteiger partial charge in [-0.15, -0.1) is 11.3 Å². The Morgan fingerprint density at radius 2 is 1.81 bits per heavy atom. The van der Waals surface area contributed by atoms with Crippen LogP contribution in [0.15, 0.2) is 54.7 Å². The summed E-state index contributed by atoms with van der Waals surface area (Å²) in [5, 5.41) is 9.99. The lowest BCUT2D eigenvalue weighted by Crippen LogP contribution is -2.49. The minimum absolute atomic E-state index is 0.213. The molecule has 0 unspecified atom stereocenters. The van der Waals surface area contributed by atoms with E-state index in [1.165, 1.54) is 18.4 Å². The van der Waals surface area contributed by atoms with Crippen LogP contribution in [0.3, 0.4) is 0 Å². The highest BCUT2D eigenvalue weighted by molar-refractivity contribution is 7.18. The molecule has 0 spiro atoms. The molecule has 2 aromatic carbocycles. The summed E-state index contributed by atoms with van der Waals surface area (Å²) in [5.41, 5.74) is 3.44. The Hall–Kier alpha value is -2.70. The van der Waals surface area contributed by atoms with Crippen molar-refractivity contribution in [2.75, 3.05) is 19.7 Å². The maximum Gasteiger partial charge on any atom is 0.309 e. The second-order valence-corrected chi connectivity index (χ2v) is 9.07. The van der Waals surface area contributed by atoms with Crippen molar-refractivity contribution in [1.82, 2.24) is 9.88 Å². The number of nitrogens with zero attached hydrogens (tertiary/aromatic N) is 2. The van der Waals surface area contributed by atoms with Crippen LogP contribution < -0.4 is 4.74 Å². The molecule has 5 nitrogen and oxygen atoms in total. The first-order chi connectivity index (χ1) is 15.1. The highest BCUT2D eigenvalue weighted by Crippen LogP contribution is 2.33. The first kappa shape index (κ1) is 21.5. The van der Waals surface area contributed by atoms with E-state index in [9.17, 15) is 4.79 Å². The first-order valence-electron chi connectivity index (χ1n) is 10.9. The van der Waals surface area contributed by atoms with Crippen molar-refractivity contribution in [2.24, 2.45) is 5.92 Å². The van der Waals surface area contributed by atoms with Gasteiger partial charge in [-0.25, -0.2) is 4.98 Å². The molecule has 162 valence electrons. The lowest BCUT2D eigenvalue weighted by Gasteiger charge is -2.36. The third-order valence-corrected chi connectivity index (χ3v) is 6.67. The van der Waals surface area contributed by atoms with E-state index in [-0.39, 0.29) is 5.92 Å². The predicted molar refractivity (Wildman–Crippen MR) is 124 cm³/mol. The quantitative estimate of drug-likeness (QED) is 0.422. The molecule has 4 rings (SSSR count). The van der Waals surface area contributed by atoms with Gasteiger partial charge in [0.05, 0.1) is 17.4 Å². The lowest BCUT2D eigenvalue weighted by molar-refractivity contribution is -0.147. The number of carboxylic acids is 1. The van der Waals surface area contributed by atoms with Gasteiger partial charge in [0.2, 0.25) is 0 Å². The number of hydrogen-bond acceptors (Lipinski definition) is 5. The second kappa shape index (κ2) is 10.1. The summed E-state index contributed by atoms with van der Waals surface area (Å²) in [6, 6.07) is 16.6. The number of thiazole rings is 1. The van der Waals surface area contributed by atoms with Gasteiger partial charge in [0, 0.05) is 31.4 Å². The molecule has 0 aliphatic carbocycles. The fourth-order valence-electron chi connectivity index (χ4n) is 3.66. The molecule has 0 radical (unpaired) electrons. The van der Waals surface area contributed by atoms with Gasteiger partial charge in [-0.3, -0.25) is 9.69 Å². The number of ether oxygens (including phenoxy) is 1. The first-order valence-corrected chi connectivity index (χ1v) is 11.7. The molecule has 31 heavy (non-hydrogen) atoms. The number of unbranched alkanes of at least 4 members (excludes halogenated alkanes) is 2. The molecule has 1 aliphatic heterocycles. The van der Waals surface area contributed by atoms with Crippen LogP contribution >= 0.6 is 11.3 Å². The summed E-state index contributed by atoms with van der Waals surface area (Å²) in [6.45, 7) is 5.02. The van der Waals surface area contributed by atoms with Crippen LogP contribution in [0.5, 0.6) is 5.75 Å². The summed E-state index contributed by atoms with van der Waals surface area (Å²) < 4.78 is 5.80. The third-order valence-electron chi connectivity index (χ3n) is 5.57. The normalized spacial score (nSPS) is 14.4. The number of carboxylic acid groups (broad SMARTS) is 1. The third kappa shape index (κ3) is 5.51. The van der Waals surface area contributed by atoms with Gasteiger partial charge in [-0.05, 0) is 41.8 Å². The van der Waals surface area contributed by atoms with E-state index in [1.807, 2.05) is 18.3 Å². The molecule has 0 saturated carbocycles. The van der Waals surface area contributed by atoms with Crippen LogP contribution in [0.2, 0.25) is 0 Å². The van der Waals surface area contributed by atoms with E-state index >= 15 is 0 Å². The van der Waals surface area contributed by atoms with Crippen LogP contribution in [0.4, 0.5) is 0 Å². The smallest absolute Gasteiger partial charge is 0.309 e. The Kier molecular flexibility index (Phi) is 6.99. The largest absolute Gasteiger partial charge is 0.494 e. The summed E-state index contributed by atoms with van der Waals surface area (Å²) in [7, 11) is 0. The summed E-state index contributed by atoms with van der Waals surface area (Å²) in [5.74, 6) is 0.00655. The van der Waals surface area contributed by atoms with Crippen molar-refractivity contribution in [3.63, 3.8) is 0 Å². The molecular formula is C25H28N2O3S. The highest BCUT2D eigenvalue weighted by Gasteiger charge is 2.32. The minimum atomic E-state index is -0.694. The number of benzene rings is 2. The van der Waals surface area contributed by atoms with Gasteiger partial charge in [-0.1, -0.05) is 44.0 Å². The second-order valence-electron chi connectivity index (χ2n) is 8.04. The van der Waals surface area contributed by atoms with E-state index in [0.717, 1.165) is 46.3 Å². The summed E-state index contributed by atoms with van der Waals surface area (Å²) >= 11 is 1.68. The molecule has 1 fully saturated rings. The monoisotopic (exact) mass is 436 g/mol. The molecule has 1 aliphatic rings. The number of likely N-dealkylation sites (tertiary alicyclic amines) is 1. The fourth-order valence-corrected chi connectivity index (χ4v) is 4.59. The fraction of sp³-hybridized carbons (Fsp3) is 0.360. The van der Waals surface area contributed by atoms with Gasteiger partial charge in [0.25, 0.3) is 0 Å². The van der Waals surface area contributed by atoms with Crippen LogP contribution in [0, 0.1) is 5.92 Å². The van der Waals surface area contributed by atoms with Crippen molar-refractivity contribution < 1.29 is 14.6 Å². The van der Waals surface area contributed by atoms with Crippen molar-refractivity contribution in [3.05, 3.63) is 60.3 Å². The number of aromatic nitrogens is 1. The Morgan fingerprint density at radius 3 is 2.48 bits per heavy atom. The molecule has 0 amide bonds. The molecule has 1 aromatic heterocycles. The molecular weight excluding hydrogens is 408 g/mol. The molecule has 6 heteroatoms. The van der Waals surface area contributed by atoms with E-state index in [0.29, 0.717) is 13.1 Å². The highest BCUT2D eigenvalue weighted by atomic mass is 32.1. The Morgan fingerprint density at radius 1 is 1.10 bits per heavy atom. The lowest BCUT2D eigenvalue weighted by atomic mass is 9.99. The van der Waals surface area contributed by atoms with Gasteiger partial charge in [0.1, 0.15) is 10.8 Å². The maximum atomic E-state index is 10.9. The van der Waals surface area contributed by atoms with Gasteiger partial charge in [-0.2, -0.15) is 0 Å². The SMILES string of the molecule is CCCCCOc1ccc(-c2cnc(-c3ccc(CN4CC(C(=O)O)C4)cc3)s2)cc1. The zero-order valence-electron chi connectivity index (χ0n) is 17.8. The van der Waals surface area contributed by atoms with E-state index in [2.05, 4.69) is 53.2 Å². The van der Waals surface area contributed by atoms with Crippen LogP contribution in [-0.2, 0) is 11.3 Å². The average molecular weight is 437 g/mol. The Labute approximate surface area is 187 Å².